The van der Waals surface area contributed by atoms with E-state index in [1.54, 1.807) is 7.05 Å². The second kappa shape index (κ2) is 7.92. The van der Waals surface area contributed by atoms with Crippen LogP contribution in [0.5, 0.6) is 0 Å². The minimum Gasteiger partial charge on any atom is -0.296 e. The van der Waals surface area contributed by atoms with Gasteiger partial charge in [-0.3, -0.25) is 9.98 Å². The lowest BCUT2D eigenvalue weighted by Crippen LogP contribution is -1.91. The molecular formula is C13H20N2. The van der Waals surface area contributed by atoms with Crippen LogP contribution < -0.4 is 0 Å². The van der Waals surface area contributed by atoms with E-state index in [9.17, 15) is 0 Å². The van der Waals surface area contributed by atoms with E-state index in [0.29, 0.717) is 0 Å². The molecule has 0 saturated carbocycles. The van der Waals surface area contributed by atoms with Crippen LogP contribution in [0.25, 0.3) is 0 Å². The van der Waals surface area contributed by atoms with Gasteiger partial charge in [0.15, 0.2) is 0 Å². The molecule has 0 aromatic heterocycles. The van der Waals surface area contributed by atoms with Gasteiger partial charge in [0, 0.05) is 25.2 Å². The van der Waals surface area contributed by atoms with Gasteiger partial charge in [-0.2, -0.15) is 0 Å². The summed E-state index contributed by atoms with van der Waals surface area (Å²) in [5.74, 6) is 0. The third kappa shape index (κ3) is 6.61. The number of nitrogens with zero attached hydrogens (tertiary/aromatic N) is 2. The minimum atomic E-state index is 0.820. The van der Waals surface area contributed by atoms with E-state index in [-0.39, 0.29) is 0 Å². The Morgan fingerprint density at radius 2 is 1.67 bits per heavy atom. The molecule has 0 bridgehead atoms. The van der Waals surface area contributed by atoms with Crippen molar-refractivity contribution in [2.75, 3.05) is 7.05 Å². The van der Waals surface area contributed by atoms with Gasteiger partial charge < -0.3 is 0 Å². The summed E-state index contributed by atoms with van der Waals surface area (Å²) in [6.07, 6.45) is 8.71. The smallest absolute Gasteiger partial charge is 0.0302 e. The predicted octanol–water partition coefficient (Wildman–Crippen LogP) is 3.57. The molecule has 0 radical (unpaired) electrons. The first-order chi connectivity index (χ1) is 7.13. The summed E-state index contributed by atoms with van der Waals surface area (Å²) in [6.45, 7) is 9.64. The Balaban J connectivity index is 4.54. The Morgan fingerprint density at radius 3 is 2.07 bits per heavy atom. The maximum atomic E-state index is 4.18. The molecule has 82 valence electrons. The number of aliphatic imine (C=N–C) groups is 2. The molecule has 0 fully saturated rings. The number of allylic oxidation sites excluding steroid dienone is 5. The Kier molecular flexibility index (Phi) is 7.16. The number of hydrogen-bond acceptors (Lipinski definition) is 2. The van der Waals surface area contributed by atoms with Crippen LogP contribution >= 0.6 is 0 Å². The van der Waals surface area contributed by atoms with E-state index >= 15 is 0 Å². The first-order valence-electron chi connectivity index (χ1n) is 5.06. The molecule has 0 saturated heterocycles. The molecule has 0 aromatic rings. The zero-order valence-electron chi connectivity index (χ0n) is 10.1. The first-order valence-corrected chi connectivity index (χ1v) is 5.06. The fourth-order valence-electron chi connectivity index (χ4n) is 1.04. The molecule has 0 aromatic carbocycles. The van der Waals surface area contributed by atoms with Crippen molar-refractivity contribution in [1.82, 2.24) is 0 Å². The average Bonchev–Trinajstić information content (AvgIpc) is 2.22. The summed E-state index contributed by atoms with van der Waals surface area (Å²) in [7, 11) is 1.78. The van der Waals surface area contributed by atoms with E-state index in [1.807, 2.05) is 33.2 Å². The lowest BCUT2D eigenvalue weighted by Gasteiger charge is -2.01. The molecule has 0 spiro atoms. The molecular weight excluding hydrogens is 184 g/mol. The Labute approximate surface area is 92.8 Å². The quantitative estimate of drug-likeness (QED) is 0.612. The first kappa shape index (κ1) is 13.6. The summed E-state index contributed by atoms with van der Waals surface area (Å²) in [4.78, 5) is 8.19. The molecule has 0 aliphatic rings. The number of rotatable bonds is 5. The maximum Gasteiger partial charge on any atom is 0.0302 e. The third-order valence-electron chi connectivity index (χ3n) is 1.90. The molecule has 0 unspecified atom stereocenters. The summed E-state index contributed by atoms with van der Waals surface area (Å²) in [5.41, 5.74) is 3.19. The monoisotopic (exact) mass is 204 g/mol. The van der Waals surface area contributed by atoms with Crippen LogP contribution in [0.2, 0.25) is 0 Å². The van der Waals surface area contributed by atoms with Gasteiger partial charge in [0.25, 0.3) is 0 Å². The fraction of sp³-hybridized carbons (Fsp3) is 0.385. The minimum absolute atomic E-state index is 0.820. The zero-order valence-corrected chi connectivity index (χ0v) is 10.1. The molecule has 0 amide bonds. The van der Waals surface area contributed by atoms with Gasteiger partial charge in [0.2, 0.25) is 0 Å². The van der Waals surface area contributed by atoms with Crippen molar-refractivity contribution in [1.29, 1.82) is 0 Å². The third-order valence-corrected chi connectivity index (χ3v) is 1.90. The van der Waals surface area contributed by atoms with Gasteiger partial charge in [-0.05, 0) is 38.3 Å². The molecule has 0 rings (SSSR count). The van der Waals surface area contributed by atoms with Crippen molar-refractivity contribution in [3.63, 3.8) is 0 Å². The van der Waals surface area contributed by atoms with E-state index in [2.05, 4.69) is 28.7 Å². The maximum absolute atomic E-state index is 4.18. The van der Waals surface area contributed by atoms with Gasteiger partial charge in [0.1, 0.15) is 0 Å². The fourth-order valence-corrected chi connectivity index (χ4v) is 1.04. The van der Waals surface area contributed by atoms with Crippen LogP contribution in [-0.4, -0.2) is 19.5 Å². The standard InChI is InChI=1S/C13H20N2/c1-6-12(9-14-5)8-13(7-2)10-15-11(3)4/h6-7,9-10H,3,8H2,1-2,4-5H3/b12-6-,13-7-,14-9?,15-10?. The predicted molar refractivity (Wildman–Crippen MR) is 69.9 cm³/mol. The molecule has 0 aliphatic heterocycles. The Bertz CT molecular complexity index is 317. The largest absolute Gasteiger partial charge is 0.296 e. The van der Waals surface area contributed by atoms with Crippen LogP contribution in [-0.2, 0) is 0 Å². The van der Waals surface area contributed by atoms with Gasteiger partial charge in [-0.1, -0.05) is 18.7 Å². The molecule has 0 atom stereocenters. The highest BCUT2D eigenvalue weighted by molar-refractivity contribution is 5.85. The topological polar surface area (TPSA) is 24.7 Å². The molecule has 0 aliphatic carbocycles. The Hall–Kier alpha value is -1.44. The van der Waals surface area contributed by atoms with Crippen molar-refractivity contribution < 1.29 is 0 Å². The van der Waals surface area contributed by atoms with Crippen molar-refractivity contribution in [3.8, 4) is 0 Å². The summed E-state index contributed by atoms with van der Waals surface area (Å²) >= 11 is 0. The highest BCUT2D eigenvalue weighted by Gasteiger charge is 1.96. The second-order valence-electron chi connectivity index (χ2n) is 3.28. The van der Waals surface area contributed by atoms with Gasteiger partial charge in [-0.25, -0.2) is 0 Å². The van der Waals surface area contributed by atoms with Crippen LogP contribution in [0, 0.1) is 0 Å². The molecule has 15 heavy (non-hydrogen) atoms. The van der Waals surface area contributed by atoms with E-state index in [1.165, 1.54) is 11.1 Å². The number of hydrogen-bond donors (Lipinski definition) is 0. The van der Waals surface area contributed by atoms with Crippen LogP contribution in [0.1, 0.15) is 27.2 Å². The molecule has 2 heteroatoms. The highest BCUT2D eigenvalue weighted by Crippen LogP contribution is 2.08. The summed E-state index contributed by atoms with van der Waals surface area (Å²) < 4.78 is 0. The van der Waals surface area contributed by atoms with Gasteiger partial charge in [-0.15, -0.1) is 0 Å². The van der Waals surface area contributed by atoms with Crippen molar-refractivity contribution in [2.24, 2.45) is 9.98 Å². The lowest BCUT2D eigenvalue weighted by atomic mass is 10.1. The average molecular weight is 204 g/mol. The summed E-state index contributed by atoms with van der Waals surface area (Å²) in [5, 5.41) is 0. The van der Waals surface area contributed by atoms with Crippen LogP contribution in [0.4, 0.5) is 0 Å². The van der Waals surface area contributed by atoms with Crippen molar-refractivity contribution >= 4 is 12.4 Å². The van der Waals surface area contributed by atoms with E-state index in [0.717, 1.165) is 12.1 Å². The van der Waals surface area contributed by atoms with E-state index < -0.39 is 0 Å². The Morgan fingerprint density at radius 1 is 1.13 bits per heavy atom. The van der Waals surface area contributed by atoms with Crippen molar-refractivity contribution in [2.45, 2.75) is 27.2 Å². The van der Waals surface area contributed by atoms with Crippen LogP contribution in [0.15, 0.2) is 45.6 Å². The lowest BCUT2D eigenvalue weighted by molar-refractivity contribution is 1.23. The highest BCUT2D eigenvalue weighted by atomic mass is 14.7. The van der Waals surface area contributed by atoms with E-state index in [4.69, 9.17) is 0 Å². The molecule has 0 N–H and O–H groups in total. The molecule has 0 heterocycles. The molecule has 2 nitrogen and oxygen atoms in total. The van der Waals surface area contributed by atoms with Gasteiger partial charge in [0.05, 0.1) is 0 Å². The zero-order chi connectivity index (χ0) is 11.7. The van der Waals surface area contributed by atoms with Gasteiger partial charge >= 0.3 is 0 Å². The normalized spacial score (nSPS) is 14.1. The van der Waals surface area contributed by atoms with Crippen molar-refractivity contribution in [3.05, 3.63) is 35.6 Å². The summed E-state index contributed by atoms with van der Waals surface area (Å²) in [6, 6.07) is 0. The van der Waals surface area contributed by atoms with Crippen LogP contribution in [0.3, 0.4) is 0 Å². The second-order valence-corrected chi connectivity index (χ2v) is 3.28. The SMILES string of the molecule is C=C(C)N=C/C(=C\C)C/C(C=NC)=C/C.